The zero-order chi connectivity index (χ0) is 11.5. The molecule has 1 heterocycles. The number of hydrogen-bond acceptors (Lipinski definition) is 2. The summed E-state index contributed by atoms with van der Waals surface area (Å²) in [5.74, 6) is -1.10. The molecule has 16 heavy (non-hydrogen) atoms. The maximum Gasteiger partial charge on any atom is 0.131 e. The molecule has 1 aromatic carbocycles. The Kier molecular flexibility index (Phi) is 3.51. The first-order valence-corrected chi connectivity index (χ1v) is 5.47. The van der Waals surface area contributed by atoms with Crippen LogP contribution >= 0.6 is 0 Å². The first-order valence-electron chi connectivity index (χ1n) is 5.47. The van der Waals surface area contributed by atoms with Crippen LogP contribution in [0.1, 0.15) is 25.0 Å². The molecule has 1 aromatic rings. The standard InChI is InChI=1S/C12H15F2NO/c1-8-4-5-16-12(7-15-8)10-3-2-9(13)6-11(10)14/h2-3,6,8,12,15H,4-5,7H2,1H3. The number of ether oxygens (including phenoxy) is 1. The maximum absolute atomic E-state index is 13.5. The smallest absolute Gasteiger partial charge is 0.131 e. The molecular formula is C12H15F2NO. The highest BCUT2D eigenvalue weighted by Gasteiger charge is 2.20. The van der Waals surface area contributed by atoms with Gasteiger partial charge in [-0.1, -0.05) is 6.07 Å². The topological polar surface area (TPSA) is 21.3 Å². The van der Waals surface area contributed by atoms with Gasteiger partial charge in [-0.2, -0.15) is 0 Å². The summed E-state index contributed by atoms with van der Waals surface area (Å²) in [6, 6.07) is 3.98. The van der Waals surface area contributed by atoms with Gasteiger partial charge in [-0.25, -0.2) is 8.78 Å². The van der Waals surface area contributed by atoms with Gasteiger partial charge in [0.15, 0.2) is 0 Å². The Hall–Kier alpha value is -1.00. The van der Waals surface area contributed by atoms with Gasteiger partial charge in [-0.05, 0) is 19.4 Å². The Labute approximate surface area is 93.6 Å². The van der Waals surface area contributed by atoms with Crippen molar-refractivity contribution in [3.63, 3.8) is 0 Å². The van der Waals surface area contributed by atoms with Crippen LogP contribution in [0.15, 0.2) is 18.2 Å². The van der Waals surface area contributed by atoms with E-state index in [4.69, 9.17) is 4.74 Å². The van der Waals surface area contributed by atoms with Crippen LogP contribution in [0.3, 0.4) is 0 Å². The normalized spacial score (nSPS) is 26.4. The van der Waals surface area contributed by atoms with E-state index in [9.17, 15) is 8.78 Å². The van der Waals surface area contributed by atoms with E-state index < -0.39 is 11.6 Å². The highest BCUT2D eigenvalue weighted by Crippen LogP contribution is 2.23. The van der Waals surface area contributed by atoms with Crippen molar-refractivity contribution in [1.29, 1.82) is 0 Å². The van der Waals surface area contributed by atoms with E-state index in [2.05, 4.69) is 12.2 Å². The van der Waals surface area contributed by atoms with Crippen LogP contribution in [0.5, 0.6) is 0 Å². The zero-order valence-electron chi connectivity index (χ0n) is 9.17. The van der Waals surface area contributed by atoms with Gasteiger partial charge in [-0.15, -0.1) is 0 Å². The van der Waals surface area contributed by atoms with Crippen LogP contribution in [0.25, 0.3) is 0 Å². The van der Waals surface area contributed by atoms with Crippen molar-refractivity contribution in [2.45, 2.75) is 25.5 Å². The summed E-state index contributed by atoms with van der Waals surface area (Å²) in [6.45, 7) is 3.21. The average Bonchev–Trinajstić information content (AvgIpc) is 2.43. The minimum Gasteiger partial charge on any atom is -0.372 e. The third kappa shape index (κ3) is 2.57. The predicted molar refractivity (Wildman–Crippen MR) is 57.1 cm³/mol. The molecule has 0 spiro atoms. The molecule has 0 amide bonds. The first kappa shape index (κ1) is 11.5. The van der Waals surface area contributed by atoms with Crippen LogP contribution in [0.4, 0.5) is 8.78 Å². The molecule has 4 heteroatoms. The Morgan fingerprint density at radius 2 is 2.19 bits per heavy atom. The van der Waals surface area contributed by atoms with Crippen LogP contribution in [0, 0.1) is 11.6 Å². The Balaban J connectivity index is 2.16. The number of rotatable bonds is 1. The molecule has 1 aliphatic heterocycles. The third-order valence-electron chi connectivity index (χ3n) is 2.83. The number of hydrogen-bond donors (Lipinski definition) is 1. The van der Waals surface area contributed by atoms with Crippen LogP contribution in [-0.2, 0) is 4.74 Å². The molecule has 0 aliphatic carbocycles. The second-order valence-electron chi connectivity index (χ2n) is 4.12. The second kappa shape index (κ2) is 4.89. The summed E-state index contributed by atoms with van der Waals surface area (Å²) in [5, 5.41) is 3.25. The third-order valence-corrected chi connectivity index (χ3v) is 2.83. The summed E-state index contributed by atoms with van der Waals surface area (Å²) < 4.78 is 31.8. The lowest BCUT2D eigenvalue weighted by Crippen LogP contribution is -2.27. The summed E-state index contributed by atoms with van der Waals surface area (Å²) in [5.41, 5.74) is 0.419. The molecule has 1 N–H and O–H groups in total. The monoisotopic (exact) mass is 227 g/mol. The van der Waals surface area contributed by atoms with Crippen molar-refractivity contribution in [3.8, 4) is 0 Å². The molecule has 2 nitrogen and oxygen atoms in total. The number of halogens is 2. The van der Waals surface area contributed by atoms with Gasteiger partial charge < -0.3 is 10.1 Å². The number of benzene rings is 1. The van der Waals surface area contributed by atoms with Gasteiger partial charge in [0.25, 0.3) is 0 Å². The molecule has 0 bridgehead atoms. The highest BCUT2D eigenvalue weighted by molar-refractivity contribution is 5.21. The Morgan fingerprint density at radius 3 is 2.94 bits per heavy atom. The molecule has 88 valence electrons. The predicted octanol–water partition coefficient (Wildman–Crippen LogP) is 2.40. The zero-order valence-corrected chi connectivity index (χ0v) is 9.17. The molecule has 2 atom stereocenters. The lowest BCUT2D eigenvalue weighted by atomic mass is 10.1. The summed E-state index contributed by atoms with van der Waals surface area (Å²) in [7, 11) is 0. The van der Waals surface area contributed by atoms with Gasteiger partial charge in [0, 0.05) is 30.8 Å². The van der Waals surface area contributed by atoms with Crippen molar-refractivity contribution in [3.05, 3.63) is 35.4 Å². The van der Waals surface area contributed by atoms with E-state index in [-0.39, 0.29) is 6.10 Å². The fourth-order valence-electron chi connectivity index (χ4n) is 1.82. The molecule has 0 saturated carbocycles. The molecule has 0 aromatic heterocycles. The molecular weight excluding hydrogens is 212 g/mol. The molecule has 0 radical (unpaired) electrons. The minimum atomic E-state index is -0.559. The van der Waals surface area contributed by atoms with Crippen LogP contribution in [-0.4, -0.2) is 19.2 Å². The molecule has 1 aliphatic rings. The molecule has 1 saturated heterocycles. The van der Waals surface area contributed by atoms with E-state index >= 15 is 0 Å². The average molecular weight is 227 g/mol. The largest absolute Gasteiger partial charge is 0.372 e. The SMILES string of the molecule is CC1CCOC(c2ccc(F)cc2F)CN1. The van der Waals surface area contributed by atoms with E-state index in [1.807, 2.05) is 0 Å². The molecule has 2 unspecified atom stereocenters. The van der Waals surface area contributed by atoms with Crippen LogP contribution in [0.2, 0.25) is 0 Å². The fourth-order valence-corrected chi connectivity index (χ4v) is 1.82. The van der Waals surface area contributed by atoms with E-state index in [0.29, 0.717) is 24.8 Å². The number of nitrogens with one attached hydrogen (secondary N) is 1. The summed E-state index contributed by atoms with van der Waals surface area (Å²) in [6.07, 6.45) is 0.574. The quantitative estimate of drug-likeness (QED) is 0.795. The minimum absolute atomic E-state index is 0.328. The Morgan fingerprint density at radius 1 is 1.38 bits per heavy atom. The lowest BCUT2D eigenvalue weighted by molar-refractivity contribution is 0.0639. The van der Waals surface area contributed by atoms with Gasteiger partial charge in [0.2, 0.25) is 0 Å². The van der Waals surface area contributed by atoms with Crippen molar-refractivity contribution in [2.24, 2.45) is 0 Å². The lowest BCUT2D eigenvalue weighted by Gasteiger charge is -2.16. The summed E-state index contributed by atoms with van der Waals surface area (Å²) in [4.78, 5) is 0. The second-order valence-corrected chi connectivity index (χ2v) is 4.12. The fraction of sp³-hybridized carbons (Fsp3) is 0.500. The van der Waals surface area contributed by atoms with Crippen molar-refractivity contribution >= 4 is 0 Å². The molecule has 2 rings (SSSR count). The van der Waals surface area contributed by atoms with Crippen molar-refractivity contribution in [2.75, 3.05) is 13.2 Å². The molecule has 1 fully saturated rings. The van der Waals surface area contributed by atoms with Crippen molar-refractivity contribution in [1.82, 2.24) is 5.32 Å². The van der Waals surface area contributed by atoms with Crippen molar-refractivity contribution < 1.29 is 13.5 Å². The Bertz CT molecular complexity index is 370. The van der Waals surface area contributed by atoms with Gasteiger partial charge in [0.1, 0.15) is 11.6 Å². The van der Waals surface area contributed by atoms with Gasteiger partial charge >= 0.3 is 0 Å². The highest BCUT2D eigenvalue weighted by atomic mass is 19.1. The van der Waals surface area contributed by atoms with Crippen LogP contribution < -0.4 is 5.32 Å². The van der Waals surface area contributed by atoms with E-state index in [1.165, 1.54) is 12.1 Å². The van der Waals surface area contributed by atoms with Gasteiger partial charge in [0.05, 0.1) is 6.10 Å². The maximum atomic E-state index is 13.5. The first-order chi connectivity index (χ1) is 7.66. The van der Waals surface area contributed by atoms with E-state index in [1.54, 1.807) is 0 Å². The summed E-state index contributed by atoms with van der Waals surface area (Å²) >= 11 is 0. The van der Waals surface area contributed by atoms with Gasteiger partial charge in [-0.3, -0.25) is 0 Å². The van der Waals surface area contributed by atoms with E-state index in [0.717, 1.165) is 12.5 Å².